The quantitative estimate of drug-likeness (QED) is 0.604. The molecule has 110 valence electrons. The Hall–Kier alpha value is -1.58. The van der Waals surface area contributed by atoms with Crippen molar-refractivity contribution in [2.75, 3.05) is 40.0 Å². The third-order valence-electron chi connectivity index (χ3n) is 2.84. The molecule has 3 N–H and O–H groups in total. The zero-order valence-electron chi connectivity index (χ0n) is 11.7. The minimum Gasteiger partial charge on any atom is -0.497 e. The van der Waals surface area contributed by atoms with Gasteiger partial charge in [0, 0.05) is 25.2 Å². The van der Waals surface area contributed by atoms with Gasteiger partial charge >= 0.3 is 0 Å². The predicted octanol–water partition coefficient (Wildman–Crippen LogP) is -0.174. The molecule has 0 aliphatic rings. The van der Waals surface area contributed by atoms with Gasteiger partial charge in [-0.3, -0.25) is 4.90 Å². The first-order valence-corrected chi connectivity index (χ1v) is 6.45. The lowest BCUT2D eigenvalue weighted by Crippen LogP contribution is -2.29. The van der Waals surface area contributed by atoms with Crippen LogP contribution in [0.2, 0.25) is 0 Å². The summed E-state index contributed by atoms with van der Waals surface area (Å²) >= 11 is 0. The number of aliphatic hydroxyl groups is 3. The molecule has 0 fully saturated rings. The molecule has 1 aromatic carbocycles. The molecule has 0 atom stereocenters. The number of benzene rings is 1. The highest BCUT2D eigenvalue weighted by Crippen LogP contribution is 2.18. The van der Waals surface area contributed by atoms with Gasteiger partial charge in [0.2, 0.25) is 0 Å². The largest absolute Gasteiger partial charge is 0.497 e. The molecule has 0 heterocycles. The van der Waals surface area contributed by atoms with Gasteiger partial charge in [-0.25, -0.2) is 0 Å². The van der Waals surface area contributed by atoms with Crippen molar-refractivity contribution in [3.05, 3.63) is 29.3 Å². The Morgan fingerprint density at radius 3 is 2.40 bits per heavy atom. The van der Waals surface area contributed by atoms with Crippen LogP contribution >= 0.6 is 0 Å². The summed E-state index contributed by atoms with van der Waals surface area (Å²) in [7, 11) is 1.59. The lowest BCUT2D eigenvalue weighted by atomic mass is 10.1. The summed E-state index contributed by atoms with van der Waals surface area (Å²) < 4.78 is 5.20. The normalized spacial score (nSPS) is 10.2. The average molecular weight is 279 g/mol. The van der Waals surface area contributed by atoms with Crippen LogP contribution in [-0.4, -0.2) is 60.2 Å². The van der Waals surface area contributed by atoms with Crippen LogP contribution in [0.1, 0.15) is 11.1 Å². The summed E-state index contributed by atoms with van der Waals surface area (Å²) in [6.07, 6.45) is 0. The predicted molar refractivity (Wildman–Crippen MR) is 76.4 cm³/mol. The fourth-order valence-electron chi connectivity index (χ4n) is 1.88. The molecule has 0 aliphatic carbocycles. The first kappa shape index (κ1) is 16.5. The molecule has 0 spiro atoms. The number of hydrogen-bond acceptors (Lipinski definition) is 5. The monoisotopic (exact) mass is 279 g/mol. The van der Waals surface area contributed by atoms with E-state index in [4.69, 9.17) is 20.1 Å². The van der Waals surface area contributed by atoms with Crippen molar-refractivity contribution in [1.82, 2.24) is 4.90 Å². The molecule has 0 amide bonds. The highest BCUT2D eigenvalue weighted by Gasteiger charge is 2.09. The van der Waals surface area contributed by atoms with Crippen molar-refractivity contribution in [1.29, 1.82) is 0 Å². The highest BCUT2D eigenvalue weighted by atomic mass is 16.5. The first-order valence-electron chi connectivity index (χ1n) is 6.45. The molecular weight excluding hydrogens is 258 g/mol. The van der Waals surface area contributed by atoms with Crippen molar-refractivity contribution in [3.63, 3.8) is 0 Å². The van der Waals surface area contributed by atoms with E-state index < -0.39 is 0 Å². The van der Waals surface area contributed by atoms with Gasteiger partial charge in [0.25, 0.3) is 0 Å². The minimum atomic E-state index is -0.192. The molecule has 0 radical (unpaired) electrons. The van der Waals surface area contributed by atoms with E-state index in [-0.39, 0.29) is 19.8 Å². The van der Waals surface area contributed by atoms with E-state index in [2.05, 4.69) is 11.8 Å². The summed E-state index contributed by atoms with van der Waals surface area (Å²) in [5.41, 5.74) is 1.74. The molecule has 0 saturated carbocycles. The van der Waals surface area contributed by atoms with Crippen LogP contribution in [0.15, 0.2) is 18.2 Å². The Kier molecular flexibility index (Phi) is 7.70. The minimum absolute atomic E-state index is 0.0294. The Labute approximate surface area is 119 Å². The Bertz CT molecular complexity index is 459. The molecule has 0 unspecified atom stereocenters. The lowest BCUT2D eigenvalue weighted by Gasteiger charge is -2.21. The molecule has 0 bridgehead atoms. The second-order valence-electron chi connectivity index (χ2n) is 4.21. The lowest BCUT2D eigenvalue weighted by molar-refractivity contribution is 0.155. The van der Waals surface area contributed by atoms with E-state index in [9.17, 15) is 0 Å². The van der Waals surface area contributed by atoms with E-state index in [0.717, 1.165) is 16.9 Å². The van der Waals surface area contributed by atoms with Crippen LogP contribution in [0, 0.1) is 11.8 Å². The topological polar surface area (TPSA) is 73.2 Å². The van der Waals surface area contributed by atoms with Crippen molar-refractivity contribution in [2.24, 2.45) is 0 Å². The summed E-state index contributed by atoms with van der Waals surface area (Å²) in [6.45, 7) is 1.37. The SMILES string of the molecule is COc1ccc(C#CCO)c(CN(CCO)CCO)c1. The Morgan fingerprint density at radius 1 is 1.15 bits per heavy atom. The van der Waals surface area contributed by atoms with Gasteiger partial charge in [-0.05, 0) is 23.8 Å². The van der Waals surface area contributed by atoms with E-state index in [1.165, 1.54) is 0 Å². The number of rotatable bonds is 7. The molecule has 20 heavy (non-hydrogen) atoms. The number of ether oxygens (including phenoxy) is 1. The third kappa shape index (κ3) is 5.19. The van der Waals surface area contributed by atoms with Crippen molar-refractivity contribution in [2.45, 2.75) is 6.54 Å². The molecule has 1 aromatic rings. The first-order chi connectivity index (χ1) is 9.74. The molecule has 5 heteroatoms. The van der Waals surface area contributed by atoms with Gasteiger partial charge in [0.05, 0.1) is 20.3 Å². The number of aliphatic hydroxyl groups excluding tert-OH is 3. The Morgan fingerprint density at radius 2 is 1.85 bits per heavy atom. The Balaban J connectivity index is 2.98. The van der Waals surface area contributed by atoms with Crippen molar-refractivity contribution < 1.29 is 20.1 Å². The van der Waals surface area contributed by atoms with Crippen LogP contribution in [-0.2, 0) is 6.54 Å². The zero-order valence-corrected chi connectivity index (χ0v) is 11.7. The van der Waals surface area contributed by atoms with Crippen LogP contribution < -0.4 is 4.74 Å². The van der Waals surface area contributed by atoms with Crippen LogP contribution in [0.25, 0.3) is 0 Å². The standard InChI is InChI=1S/C15H21NO4/c1-20-15-5-4-13(3-2-8-17)14(11-15)12-16(6-9-18)7-10-19/h4-5,11,17-19H,6-10,12H2,1H3. The molecule has 0 aromatic heterocycles. The van der Waals surface area contributed by atoms with Gasteiger partial charge in [0.1, 0.15) is 12.4 Å². The van der Waals surface area contributed by atoms with Gasteiger partial charge in [-0.1, -0.05) is 11.8 Å². The maximum Gasteiger partial charge on any atom is 0.119 e. The van der Waals surface area contributed by atoms with Gasteiger partial charge in [-0.15, -0.1) is 0 Å². The second kappa shape index (κ2) is 9.34. The fraction of sp³-hybridized carbons (Fsp3) is 0.467. The van der Waals surface area contributed by atoms with Crippen LogP contribution in [0.3, 0.4) is 0 Å². The van der Waals surface area contributed by atoms with Crippen molar-refractivity contribution in [3.8, 4) is 17.6 Å². The summed E-state index contributed by atoms with van der Waals surface area (Å²) in [4.78, 5) is 1.93. The zero-order chi connectivity index (χ0) is 14.8. The second-order valence-corrected chi connectivity index (χ2v) is 4.21. The number of hydrogen-bond donors (Lipinski definition) is 3. The van der Waals surface area contributed by atoms with Crippen LogP contribution in [0.5, 0.6) is 5.75 Å². The van der Waals surface area contributed by atoms with Gasteiger partial charge in [-0.2, -0.15) is 0 Å². The van der Waals surface area contributed by atoms with E-state index in [0.29, 0.717) is 19.6 Å². The third-order valence-corrected chi connectivity index (χ3v) is 2.84. The summed E-state index contributed by atoms with van der Waals surface area (Å²) in [5, 5.41) is 26.9. The van der Waals surface area contributed by atoms with Crippen LogP contribution in [0.4, 0.5) is 0 Å². The number of nitrogens with zero attached hydrogens (tertiary/aromatic N) is 1. The summed E-state index contributed by atoms with van der Waals surface area (Å²) in [5.74, 6) is 6.25. The number of methoxy groups -OCH3 is 1. The van der Waals surface area contributed by atoms with E-state index >= 15 is 0 Å². The summed E-state index contributed by atoms with van der Waals surface area (Å²) in [6, 6.07) is 5.53. The van der Waals surface area contributed by atoms with Crippen molar-refractivity contribution >= 4 is 0 Å². The average Bonchev–Trinajstić information content (AvgIpc) is 2.46. The molecule has 1 rings (SSSR count). The van der Waals surface area contributed by atoms with Gasteiger partial charge in [0.15, 0.2) is 0 Å². The molecule has 0 saturated heterocycles. The molecule has 0 aliphatic heterocycles. The van der Waals surface area contributed by atoms with E-state index in [1.807, 2.05) is 23.1 Å². The molecule has 5 nitrogen and oxygen atoms in total. The maximum absolute atomic E-state index is 9.04. The smallest absolute Gasteiger partial charge is 0.119 e. The van der Waals surface area contributed by atoms with Gasteiger partial charge < -0.3 is 20.1 Å². The fourth-order valence-corrected chi connectivity index (χ4v) is 1.88. The van der Waals surface area contributed by atoms with E-state index in [1.54, 1.807) is 7.11 Å². The highest BCUT2D eigenvalue weighted by molar-refractivity contribution is 5.45. The maximum atomic E-state index is 9.04. The molecular formula is C15H21NO4.